The fourth-order valence-electron chi connectivity index (χ4n) is 1.87. The normalized spacial score (nSPS) is 12.1. The van der Waals surface area contributed by atoms with Gasteiger partial charge in [0.25, 0.3) is 0 Å². The number of carbonyl (C=O) groups is 1. The van der Waals surface area contributed by atoms with Crippen molar-refractivity contribution >= 4 is 40.6 Å². The Morgan fingerprint density at radius 1 is 1.32 bits per heavy atom. The lowest BCUT2D eigenvalue weighted by Crippen LogP contribution is -2.29. The number of halogens is 1. The topological polar surface area (TPSA) is 38.3 Å². The number of amides is 1. The summed E-state index contributed by atoms with van der Waals surface area (Å²) in [6, 6.07) is 13.8. The Balaban J connectivity index is 1.70. The van der Waals surface area contributed by atoms with Crippen molar-refractivity contribution in [2.75, 3.05) is 19.4 Å². The van der Waals surface area contributed by atoms with Crippen LogP contribution in [-0.4, -0.2) is 25.3 Å². The highest BCUT2D eigenvalue weighted by Gasteiger charge is 2.14. The highest BCUT2D eigenvalue weighted by atomic mass is 35.5. The highest BCUT2D eigenvalue weighted by Crippen LogP contribution is 2.28. The van der Waals surface area contributed by atoms with Crippen molar-refractivity contribution < 1.29 is 9.53 Å². The summed E-state index contributed by atoms with van der Waals surface area (Å²) in [4.78, 5) is 14.1. The molecule has 3 nitrogen and oxygen atoms in total. The number of hydrogen-bond donors (Lipinski definition) is 1. The third-order valence-corrected chi connectivity index (χ3v) is 5.36. The van der Waals surface area contributed by atoms with Gasteiger partial charge in [-0.05, 0) is 24.3 Å². The van der Waals surface area contributed by atoms with Crippen LogP contribution in [0.4, 0.5) is 0 Å². The van der Waals surface area contributed by atoms with Gasteiger partial charge in [-0.2, -0.15) is 0 Å². The van der Waals surface area contributed by atoms with E-state index in [0.29, 0.717) is 13.0 Å². The van der Waals surface area contributed by atoms with E-state index in [4.69, 9.17) is 16.3 Å². The molecular weight excluding hydrogens is 338 g/mol. The molecule has 0 unspecified atom stereocenters. The molecule has 0 saturated heterocycles. The molecule has 0 aliphatic heterocycles. The van der Waals surface area contributed by atoms with Crippen molar-refractivity contribution in [1.29, 1.82) is 0 Å². The molecule has 1 aromatic heterocycles. The maximum Gasteiger partial charge on any atom is 0.220 e. The minimum Gasteiger partial charge on any atom is -0.374 e. The van der Waals surface area contributed by atoms with E-state index in [-0.39, 0.29) is 12.0 Å². The van der Waals surface area contributed by atoms with E-state index in [1.165, 1.54) is 16.2 Å². The Morgan fingerprint density at radius 2 is 2.09 bits per heavy atom. The second-order valence-corrected chi connectivity index (χ2v) is 7.50. The molecule has 0 saturated carbocycles. The van der Waals surface area contributed by atoms with Crippen LogP contribution < -0.4 is 5.32 Å². The number of thiophene rings is 1. The molecule has 0 bridgehead atoms. The first kappa shape index (κ1) is 17.3. The third-order valence-electron chi connectivity index (χ3n) is 3.02. The van der Waals surface area contributed by atoms with Crippen LogP contribution in [0.5, 0.6) is 0 Å². The summed E-state index contributed by atoms with van der Waals surface area (Å²) >= 11 is 9.08. The third kappa shape index (κ3) is 5.65. The Bertz CT molecular complexity index is 589. The SMILES string of the molecule is CO[C@H](CNC(=O)CCSc1ccccc1)c1ccc(Cl)s1. The van der Waals surface area contributed by atoms with E-state index in [0.717, 1.165) is 15.0 Å². The molecule has 1 atom stereocenters. The predicted molar refractivity (Wildman–Crippen MR) is 93.9 cm³/mol. The summed E-state index contributed by atoms with van der Waals surface area (Å²) in [5.74, 6) is 0.798. The van der Waals surface area contributed by atoms with Gasteiger partial charge in [-0.3, -0.25) is 4.79 Å². The minimum absolute atomic E-state index is 0.0353. The second-order valence-electron chi connectivity index (χ2n) is 4.58. The molecule has 1 heterocycles. The lowest BCUT2D eigenvalue weighted by atomic mass is 10.3. The van der Waals surface area contributed by atoms with Gasteiger partial charge in [-0.15, -0.1) is 23.1 Å². The molecule has 1 amide bonds. The summed E-state index contributed by atoms with van der Waals surface area (Å²) in [5.41, 5.74) is 0. The van der Waals surface area contributed by atoms with Crippen LogP contribution in [0, 0.1) is 0 Å². The van der Waals surface area contributed by atoms with Crippen molar-refractivity contribution in [2.45, 2.75) is 17.4 Å². The van der Waals surface area contributed by atoms with Crippen LogP contribution in [0.2, 0.25) is 4.34 Å². The lowest BCUT2D eigenvalue weighted by molar-refractivity contribution is -0.121. The van der Waals surface area contributed by atoms with Gasteiger partial charge in [-0.1, -0.05) is 29.8 Å². The number of carbonyl (C=O) groups excluding carboxylic acids is 1. The number of rotatable bonds is 8. The molecule has 2 rings (SSSR count). The molecule has 6 heteroatoms. The number of methoxy groups -OCH3 is 1. The van der Waals surface area contributed by atoms with Crippen LogP contribution in [0.15, 0.2) is 47.4 Å². The zero-order valence-electron chi connectivity index (χ0n) is 12.3. The maximum atomic E-state index is 11.9. The molecule has 0 fully saturated rings. The molecule has 1 aromatic carbocycles. The first-order valence-corrected chi connectivity index (χ1v) is 9.09. The van der Waals surface area contributed by atoms with Crippen molar-refractivity contribution in [3.8, 4) is 0 Å². The molecule has 118 valence electrons. The molecule has 22 heavy (non-hydrogen) atoms. The van der Waals surface area contributed by atoms with Crippen LogP contribution in [0.25, 0.3) is 0 Å². The van der Waals surface area contributed by atoms with Gasteiger partial charge in [0.1, 0.15) is 6.10 Å². The smallest absolute Gasteiger partial charge is 0.220 e. The number of benzene rings is 1. The first-order valence-electron chi connectivity index (χ1n) is 6.91. The molecule has 1 N–H and O–H groups in total. The van der Waals surface area contributed by atoms with E-state index in [9.17, 15) is 4.79 Å². The number of thioether (sulfide) groups is 1. The van der Waals surface area contributed by atoms with Crippen LogP contribution >= 0.6 is 34.7 Å². The molecule has 0 aliphatic rings. The summed E-state index contributed by atoms with van der Waals surface area (Å²) in [5, 5.41) is 2.91. The average molecular weight is 356 g/mol. The monoisotopic (exact) mass is 355 g/mol. The predicted octanol–water partition coefficient (Wildman–Crippen LogP) is 4.39. The molecule has 0 aliphatic carbocycles. The zero-order valence-corrected chi connectivity index (χ0v) is 14.6. The fraction of sp³-hybridized carbons (Fsp3) is 0.312. The first-order chi connectivity index (χ1) is 10.7. The van der Waals surface area contributed by atoms with Crippen molar-refractivity contribution in [1.82, 2.24) is 5.32 Å². The maximum absolute atomic E-state index is 11.9. The van der Waals surface area contributed by atoms with Crippen LogP contribution in [0.3, 0.4) is 0 Å². The van der Waals surface area contributed by atoms with E-state index >= 15 is 0 Å². The Morgan fingerprint density at radius 3 is 2.73 bits per heavy atom. The van der Waals surface area contributed by atoms with Gasteiger partial charge >= 0.3 is 0 Å². The standard InChI is InChI=1S/C16H18ClNO2S2/c1-20-13(14-7-8-15(17)22-14)11-18-16(19)9-10-21-12-5-3-2-4-6-12/h2-8,13H,9-11H2,1H3,(H,18,19)/t13-/m1/s1. The van der Waals surface area contributed by atoms with E-state index in [1.54, 1.807) is 18.9 Å². The summed E-state index contributed by atoms with van der Waals surface area (Å²) in [7, 11) is 1.63. The number of nitrogens with one attached hydrogen (secondary N) is 1. The van der Waals surface area contributed by atoms with Crippen LogP contribution in [-0.2, 0) is 9.53 Å². The Hall–Kier alpha value is -1.01. The largest absolute Gasteiger partial charge is 0.374 e. The van der Waals surface area contributed by atoms with Crippen molar-refractivity contribution in [3.05, 3.63) is 51.7 Å². The van der Waals surface area contributed by atoms with Crippen LogP contribution in [0.1, 0.15) is 17.4 Å². The molecule has 2 aromatic rings. The van der Waals surface area contributed by atoms with Gasteiger partial charge in [0, 0.05) is 35.6 Å². The lowest BCUT2D eigenvalue weighted by Gasteiger charge is -2.14. The van der Waals surface area contributed by atoms with Gasteiger partial charge in [0.15, 0.2) is 0 Å². The van der Waals surface area contributed by atoms with E-state index < -0.39 is 0 Å². The quantitative estimate of drug-likeness (QED) is 0.714. The van der Waals surface area contributed by atoms with E-state index in [2.05, 4.69) is 5.32 Å². The van der Waals surface area contributed by atoms with Gasteiger partial charge < -0.3 is 10.1 Å². The zero-order chi connectivity index (χ0) is 15.8. The Labute approximate surface area is 144 Å². The number of hydrogen-bond acceptors (Lipinski definition) is 4. The fourth-order valence-corrected chi connectivity index (χ4v) is 3.89. The average Bonchev–Trinajstić information content (AvgIpc) is 2.95. The van der Waals surface area contributed by atoms with Gasteiger partial charge in [-0.25, -0.2) is 0 Å². The van der Waals surface area contributed by atoms with Gasteiger partial charge in [0.05, 0.1) is 4.34 Å². The second kappa shape index (κ2) is 9.20. The summed E-state index contributed by atoms with van der Waals surface area (Å²) in [6.45, 7) is 0.460. The highest BCUT2D eigenvalue weighted by molar-refractivity contribution is 7.99. The Kier molecular flexibility index (Phi) is 7.25. The number of ether oxygens (including phenoxy) is 1. The van der Waals surface area contributed by atoms with Crippen molar-refractivity contribution in [2.24, 2.45) is 0 Å². The molecule has 0 spiro atoms. The van der Waals surface area contributed by atoms with Gasteiger partial charge in [0.2, 0.25) is 5.91 Å². The molecule has 0 radical (unpaired) electrons. The molecular formula is C16H18ClNO2S2. The minimum atomic E-state index is -0.150. The van der Waals surface area contributed by atoms with Crippen molar-refractivity contribution in [3.63, 3.8) is 0 Å². The summed E-state index contributed by atoms with van der Waals surface area (Å²) in [6.07, 6.45) is 0.338. The summed E-state index contributed by atoms with van der Waals surface area (Å²) < 4.78 is 6.13. The van der Waals surface area contributed by atoms with E-state index in [1.807, 2.05) is 42.5 Å².